The molecule has 0 aliphatic heterocycles. The van der Waals surface area contributed by atoms with Gasteiger partial charge in [-0.3, -0.25) is 0 Å². The molecule has 66 valence electrons. The van der Waals surface area contributed by atoms with E-state index < -0.39 is 0 Å². The zero-order valence-corrected chi connectivity index (χ0v) is 8.04. The largest absolute Gasteiger partial charge is 0.325 e. The van der Waals surface area contributed by atoms with E-state index in [1.807, 2.05) is 0 Å². The van der Waals surface area contributed by atoms with E-state index in [-0.39, 0.29) is 12.4 Å². The number of hydrogen-bond acceptors (Lipinski definition) is 1. The van der Waals surface area contributed by atoms with Crippen LogP contribution in [-0.4, -0.2) is 5.54 Å². The normalized spacial score (nSPS) is 45.3. The third kappa shape index (κ3) is 1.29. The summed E-state index contributed by atoms with van der Waals surface area (Å²) in [6, 6.07) is 0. The number of nitrogens with two attached hydrogens (primary N) is 1. The summed E-state index contributed by atoms with van der Waals surface area (Å²) in [5.41, 5.74) is 7.03. The van der Waals surface area contributed by atoms with E-state index in [0.717, 1.165) is 5.41 Å². The fraction of sp³-hybridized carbons (Fsp3) is 1.00. The first-order valence-corrected chi connectivity index (χ1v) is 4.47. The van der Waals surface area contributed by atoms with Gasteiger partial charge in [0.1, 0.15) is 0 Å². The van der Waals surface area contributed by atoms with Crippen molar-refractivity contribution in [3.05, 3.63) is 0 Å². The van der Waals surface area contributed by atoms with Gasteiger partial charge in [-0.2, -0.15) is 0 Å². The Morgan fingerprint density at radius 2 is 1.82 bits per heavy atom. The second-order valence-electron chi connectivity index (χ2n) is 4.50. The molecule has 0 heterocycles. The van der Waals surface area contributed by atoms with Crippen LogP contribution in [0.4, 0.5) is 0 Å². The van der Waals surface area contributed by atoms with Gasteiger partial charge in [-0.1, -0.05) is 19.8 Å². The monoisotopic (exact) mass is 175 g/mol. The van der Waals surface area contributed by atoms with Gasteiger partial charge in [0, 0.05) is 5.54 Å². The molecule has 3 saturated carbocycles. The van der Waals surface area contributed by atoms with Crippen molar-refractivity contribution >= 4 is 12.4 Å². The van der Waals surface area contributed by atoms with E-state index >= 15 is 0 Å². The lowest BCUT2D eigenvalue weighted by Gasteiger charge is -2.69. The second-order valence-corrected chi connectivity index (χ2v) is 4.50. The summed E-state index contributed by atoms with van der Waals surface area (Å²) < 4.78 is 0. The summed E-state index contributed by atoms with van der Waals surface area (Å²) >= 11 is 0. The minimum atomic E-state index is 0. The van der Waals surface area contributed by atoms with E-state index in [0.29, 0.717) is 5.54 Å². The van der Waals surface area contributed by atoms with Gasteiger partial charge >= 0.3 is 0 Å². The Morgan fingerprint density at radius 3 is 2.18 bits per heavy atom. The Morgan fingerprint density at radius 1 is 1.27 bits per heavy atom. The molecule has 2 N–H and O–H groups in total. The maximum Gasteiger partial charge on any atom is 0.0170 e. The summed E-state index contributed by atoms with van der Waals surface area (Å²) in [6.07, 6.45) is 8.21. The molecule has 1 nitrogen and oxygen atoms in total. The smallest absolute Gasteiger partial charge is 0.0170 e. The first-order valence-electron chi connectivity index (χ1n) is 4.47. The van der Waals surface area contributed by atoms with Crippen molar-refractivity contribution in [2.75, 3.05) is 0 Å². The fourth-order valence-corrected chi connectivity index (χ4v) is 2.90. The molecule has 0 atom stereocenters. The molecule has 0 spiro atoms. The van der Waals surface area contributed by atoms with Crippen molar-refractivity contribution in [3.63, 3.8) is 0 Å². The maximum absolute atomic E-state index is 5.94. The van der Waals surface area contributed by atoms with Crippen LogP contribution in [-0.2, 0) is 0 Å². The fourth-order valence-electron chi connectivity index (χ4n) is 2.90. The van der Waals surface area contributed by atoms with Crippen LogP contribution in [0, 0.1) is 5.41 Å². The summed E-state index contributed by atoms with van der Waals surface area (Å²) in [6.45, 7) is 2.27. The molecule has 11 heavy (non-hydrogen) atoms. The van der Waals surface area contributed by atoms with Crippen LogP contribution < -0.4 is 5.73 Å². The molecule has 2 heteroatoms. The lowest BCUT2D eigenvalue weighted by molar-refractivity contribution is -0.137. The van der Waals surface area contributed by atoms with E-state index in [9.17, 15) is 0 Å². The summed E-state index contributed by atoms with van der Waals surface area (Å²) in [4.78, 5) is 0. The van der Waals surface area contributed by atoms with Gasteiger partial charge in [0.15, 0.2) is 0 Å². The van der Waals surface area contributed by atoms with Crippen molar-refractivity contribution in [1.29, 1.82) is 0 Å². The minimum absolute atomic E-state index is 0. The molecule has 2 bridgehead atoms. The van der Waals surface area contributed by atoms with Gasteiger partial charge in [-0.05, 0) is 31.1 Å². The van der Waals surface area contributed by atoms with Crippen LogP contribution in [0.25, 0.3) is 0 Å². The molecular weight excluding hydrogens is 158 g/mol. The molecule has 3 aliphatic rings. The van der Waals surface area contributed by atoms with E-state index in [2.05, 4.69) is 6.92 Å². The molecule has 0 aromatic carbocycles. The highest BCUT2D eigenvalue weighted by atomic mass is 35.5. The Bertz CT molecular complexity index is 136. The molecule has 0 amide bonds. The van der Waals surface area contributed by atoms with Crippen LogP contribution in [0.3, 0.4) is 0 Å². The molecule has 0 aromatic rings. The van der Waals surface area contributed by atoms with Crippen molar-refractivity contribution in [1.82, 2.24) is 0 Å². The zero-order valence-electron chi connectivity index (χ0n) is 7.23. The van der Waals surface area contributed by atoms with Crippen molar-refractivity contribution in [3.8, 4) is 0 Å². The third-order valence-corrected chi connectivity index (χ3v) is 3.24. The summed E-state index contributed by atoms with van der Waals surface area (Å²) in [7, 11) is 0. The SMILES string of the molecule is CCCCC12CC(N)(C1)C2.Cl. The van der Waals surface area contributed by atoms with Gasteiger partial charge in [0.25, 0.3) is 0 Å². The Labute approximate surface area is 75.1 Å². The average Bonchev–Trinajstić information content (AvgIpc) is 1.75. The maximum atomic E-state index is 5.94. The lowest BCUT2D eigenvalue weighted by Crippen LogP contribution is -2.71. The Balaban J connectivity index is 0.000000605. The molecule has 3 rings (SSSR count). The lowest BCUT2D eigenvalue weighted by atomic mass is 9.38. The summed E-state index contributed by atoms with van der Waals surface area (Å²) in [5, 5.41) is 0. The van der Waals surface area contributed by atoms with Gasteiger partial charge in [-0.25, -0.2) is 0 Å². The van der Waals surface area contributed by atoms with Gasteiger partial charge < -0.3 is 5.73 Å². The standard InChI is InChI=1S/C9H17N.ClH/c1-2-3-4-8-5-9(10,6-8)7-8;/h2-7,10H2,1H3;1H. The predicted molar refractivity (Wildman–Crippen MR) is 50.0 cm³/mol. The number of halogens is 1. The Kier molecular flexibility index (Phi) is 2.24. The highest BCUT2D eigenvalue weighted by Crippen LogP contribution is 2.67. The molecule has 0 radical (unpaired) electrons. The van der Waals surface area contributed by atoms with Gasteiger partial charge in [0.05, 0.1) is 0 Å². The van der Waals surface area contributed by atoms with Crippen LogP contribution >= 0.6 is 12.4 Å². The molecular formula is C9H18ClN. The quantitative estimate of drug-likeness (QED) is 0.701. The van der Waals surface area contributed by atoms with E-state index in [1.165, 1.54) is 38.5 Å². The van der Waals surface area contributed by atoms with Crippen LogP contribution in [0.5, 0.6) is 0 Å². The topological polar surface area (TPSA) is 26.0 Å². The molecule has 0 saturated heterocycles. The Hall–Kier alpha value is 0.250. The third-order valence-electron chi connectivity index (χ3n) is 3.24. The first kappa shape index (κ1) is 9.34. The molecule has 0 aromatic heterocycles. The molecule has 0 unspecified atom stereocenters. The van der Waals surface area contributed by atoms with Crippen molar-refractivity contribution in [2.24, 2.45) is 11.1 Å². The number of unbranched alkanes of at least 4 members (excludes halogenated alkanes) is 1. The average molecular weight is 176 g/mol. The zero-order chi connectivity index (χ0) is 7.24. The number of hydrogen-bond donors (Lipinski definition) is 1. The second kappa shape index (κ2) is 2.63. The van der Waals surface area contributed by atoms with Crippen LogP contribution in [0.15, 0.2) is 0 Å². The number of rotatable bonds is 3. The molecule has 3 fully saturated rings. The van der Waals surface area contributed by atoms with Gasteiger partial charge in [-0.15, -0.1) is 12.4 Å². The highest BCUT2D eigenvalue weighted by molar-refractivity contribution is 5.85. The van der Waals surface area contributed by atoms with E-state index in [4.69, 9.17) is 5.73 Å². The van der Waals surface area contributed by atoms with Crippen molar-refractivity contribution in [2.45, 2.75) is 51.0 Å². The van der Waals surface area contributed by atoms with Crippen molar-refractivity contribution < 1.29 is 0 Å². The van der Waals surface area contributed by atoms with Crippen LogP contribution in [0.1, 0.15) is 45.4 Å². The summed E-state index contributed by atoms with van der Waals surface area (Å²) in [5.74, 6) is 0. The molecule has 3 aliphatic carbocycles. The minimum Gasteiger partial charge on any atom is -0.325 e. The van der Waals surface area contributed by atoms with Crippen LogP contribution in [0.2, 0.25) is 0 Å². The van der Waals surface area contributed by atoms with E-state index in [1.54, 1.807) is 0 Å². The van der Waals surface area contributed by atoms with Gasteiger partial charge in [0.2, 0.25) is 0 Å². The first-order chi connectivity index (χ1) is 4.68. The predicted octanol–water partition coefficient (Wildman–Crippen LogP) is 2.48. The highest BCUT2D eigenvalue weighted by Gasteiger charge is 2.64.